The molecule has 29 heavy (non-hydrogen) atoms. The van der Waals surface area contributed by atoms with E-state index in [0.717, 1.165) is 12.8 Å². The molecule has 164 valence electrons. The summed E-state index contributed by atoms with van der Waals surface area (Å²) in [5, 5.41) is 6.90. The molecule has 0 bridgehead atoms. The minimum absolute atomic E-state index is 0. The number of aliphatic imine (C=N–C) groups is 1. The van der Waals surface area contributed by atoms with Crippen molar-refractivity contribution in [2.24, 2.45) is 10.7 Å². The molecule has 1 heterocycles. The van der Waals surface area contributed by atoms with E-state index in [2.05, 4.69) is 48.5 Å². The Labute approximate surface area is 191 Å². The van der Waals surface area contributed by atoms with Gasteiger partial charge >= 0.3 is 6.09 Å². The number of amides is 1. The predicted octanol–water partition coefficient (Wildman–Crippen LogP) is 3.26. The number of guanidine groups is 1. The molecule has 1 aromatic rings. The van der Waals surface area contributed by atoms with Crippen LogP contribution in [0, 0.1) is 0 Å². The average Bonchev–Trinajstić information content (AvgIpc) is 2.67. The molecule has 1 unspecified atom stereocenters. The summed E-state index contributed by atoms with van der Waals surface area (Å²) in [6.07, 6.45) is 1.44. The number of nitrogens with one attached hydrogen (secondary N) is 2. The average molecular weight is 517 g/mol. The normalized spacial score (nSPS) is 16.7. The topological polar surface area (TPSA) is 92.0 Å². The molecule has 8 heteroatoms. The largest absolute Gasteiger partial charge is 0.450 e. The maximum Gasteiger partial charge on any atom is 0.409 e. The number of carbonyl (C=O) groups is 1. The van der Waals surface area contributed by atoms with E-state index in [-0.39, 0.29) is 47.7 Å². The van der Waals surface area contributed by atoms with Gasteiger partial charge in [-0.3, -0.25) is 4.99 Å². The Bertz CT molecular complexity index is 646. The van der Waals surface area contributed by atoms with Gasteiger partial charge < -0.3 is 26.0 Å². The van der Waals surface area contributed by atoms with Crippen LogP contribution in [0.4, 0.5) is 4.79 Å². The number of carbonyl (C=O) groups excluding carboxylic acids is 1. The Morgan fingerprint density at radius 2 is 1.93 bits per heavy atom. The molecule has 1 saturated heterocycles. The first-order valence-corrected chi connectivity index (χ1v) is 10.1. The zero-order valence-corrected chi connectivity index (χ0v) is 20.3. The molecule has 0 aliphatic carbocycles. The smallest absolute Gasteiger partial charge is 0.409 e. The van der Waals surface area contributed by atoms with Gasteiger partial charge in [-0.05, 0) is 46.1 Å². The molecule has 0 radical (unpaired) electrons. The van der Waals surface area contributed by atoms with Gasteiger partial charge in [0.1, 0.15) is 0 Å². The van der Waals surface area contributed by atoms with Gasteiger partial charge in [0.15, 0.2) is 5.96 Å². The maximum atomic E-state index is 11.8. The molecule has 0 saturated carbocycles. The van der Waals surface area contributed by atoms with Crippen LogP contribution < -0.4 is 16.4 Å². The van der Waals surface area contributed by atoms with Crippen LogP contribution in [-0.2, 0) is 4.74 Å². The SMILES string of the molecule is CCOC(=O)N1CCC(NC(N)=NCC(C)(C)NC(C)c2ccccc2)CC1.I. The van der Waals surface area contributed by atoms with E-state index in [9.17, 15) is 4.79 Å². The summed E-state index contributed by atoms with van der Waals surface area (Å²) in [6.45, 7) is 10.5. The van der Waals surface area contributed by atoms with Gasteiger partial charge in [-0.1, -0.05) is 30.3 Å². The standard InChI is InChI=1S/C21H35N5O2.HI/c1-5-28-20(27)26-13-11-18(12-14-26)24-19(22)23-15-21(3,4)25-16(2)17-9-7-6-8-10-17;/h6-10,16,18,25H,5,11-15H2,1-4H3,(H3,22,23,24);1H. The second-order valence-electron chi connectivity index (χ2n) is 7.97. The molecule has 1 amide bonds. The van der Waals surface area contributed by atoms with E-state index < -0.39 is 0 Å². The van der Waals surface area contributed by atoms with Gasteiger partial charge in [-0.25, -0.2) is 4.79 Å². The van der Waals surface area contributed by atoms with E-state index in [1.165, 1.54) is 5.56 Å². The van der Waals surface area contributed by atoms with Crippen LogP contribution in [0.15, 0.2) is 35.3 Å². The lowest BCUT2D eigenvalue weighted by atomic mass is 10.0. The molecule has 1 atom stereocenters. The van der Waals surface area contributed by atoms with Crippen molar-refractivity contribution in [2.45, 2.75) is 58.2 Å². The molecule has 4 N–H and O–H groups in total. The fourth-order valence-electron chi connectivity index (χ4n) is 3.42. The first kappa shape index (κ1) is 25.5. The Balaban J connectivity index is 0.00000420. The lowest BCUT2D eigenvalue weighted by Crippen LogP contribution is -2.49. The van der Waals surface area contributed by atoms with Crippen molar-refractivity contribution in [1.29, 1.82) is 0 Å². The van der Waals surface area contributed by atoms with Crippen LogP contribution in [0.1, 0.15) is 52.1 Å². The van der Waals surface area contributed by atoms with Crippen LogP contribution in [-0.4, -0.2) is 54.8 Å². The molecular formula is C21H36IN5O2. The van der Waals surface area contributed by atoms with Gasteiger partial charge in [0.2, 0.25) is 0 Å². The van der Waals surface area contributed by atoms with Crippen molar-refractivity contribution in [3.63, 3.8) is 0 Å². The lowest BCUT2D eigenvalue weighted by molar-refractivity contribution is 0.0963. The third kappa shape index (κ3) is 8.77. The van der Waals surface area contributed by atoms with Gasteiger partial charge in [0.05, 0.1) is 13.2 Å². The van der Waals surface area contributed by atoms with Crippen LogP contribution >= 0.6 is 24.0 Å². The summed E-state index contributed by atoms with van der Waals surface area (Å²) in [4.78, 5) is 18.0. The number of nitrogens with zero attached hydrogens (tertiary/aromatic N) is 2. The zero-order valence-electron chi connectivity index (χ0n) is 18.0. The highest BCUT2D eigenvalue weighted by molar-refractivity contribution is 14.0. The number of hydrogen-bond acceptors (Lipinski definition) is 4. The van der Waals surface area contributed by atoms with E-state index in [0.29, 0.717) is 32.2 Å². The first-order chi connectivity index (χ1) is 13.3. The van der Waals surface area contributed by atoms with Crippen LogP contribution in [0.5, 0.6) is 0 Å². The summed E-state index contributed by atoms with van der Waals surface area (Å²) in [6, 6.07) is 10.8. The van der Waals surface area contributed by atoms with E-state index in [1.807, 2.05) is 25.1 Å². The number of hydrogen-bond donors (Lipinski definition) is 3. The predicted molar refractivity (Wildman–Crippen MR) is 129 cm³/mol. The van der Waals surface area contributed by atoms with Gasteiger partial charge in [-0.2, -0.15) is 0 Å². The number of ether oxygens (including phenoxy) is 1. The highest BCUT2D eigenvalue weighted by atomic mass is 127. The molecular weight excluding hydrogens is 481 g/mol. The molecule has 2 rings (SSSR count). The number of piperidine rings is 1. The third-order valence-corrected chi connectivity index (χ3v) is 4.92. The number of likely N-dealkylation sites (tertiary alicyclic amines) is 1. The maximum absolute atomic E-state index is 11.8. The first-order valence-electron chi connectivity index (χ1n) is 10.1. The quantitative estimate of drug-likeness (QED) is 0.294. The molecule has 1 aromatic carbocycles. The molecule has 1 aliphatic heterocycles. The van der Waals surface area contributed by atoms with E-state index >= 15 is 0 Å². The number of rotatable bonds is 7. The third-order valence-electron chi connectivity index (χ3n) is 4.92. The van der Waals surface area contributed by atoms with Crippen molar-refractivity contribution in [3.05, 3.63) is 35.9 Å². The minimum Gasteiger partial charge on any atom is -0.450 e. The number of benzene rings is 1. The van der Waals surface area contributed by atoms with E-state index in [4.69, 9.17) is 10.5 Å². The molecule has 0 spiro atoms. The van der Waals surface area contributed by atoms with Crippen LogP contribution in [0.3, 0.4) is 0 Å². The van der Waals surface area contributed by atoms with Crippen LogP contribution in [0.25, 0.3) is 0 Å². The second-order valence-corrected chi connectivity index (χ2v) is 7.97. The van der Waals surface area contributed by atoms with Gasteiger partial charge in [-0.15, -0.1) is 24.0 Å². The molecule has 1 aliphatic rings. The summed E-state index contributed by atoms with van der Waals surface area (Å²) in [7, 11) is 0. The van der Waals surface area contributed by atoms with Gasteiger partial charge in [0.25, 0.3) is 0 Å². The van der Waals surface area contributed by atoms with Crippen molar-refractivity contribution in [2.75, 3.05) is 26.2 Å². The highest BCUT2D eigenvalue weighted by Gasteiger charge is 2.24. The fourth-order valence-corrected chi connectivity index (χ4v) is 3.42. The minimum atomic E-state index is -0.233. The van der Waals surface area contributed by atoms with Crippen LogP contribution in [0.2, 0.25) is 0 Å². The van der Waals surface area contributed by atoms with Gasteiger partial charge in [0, 0.05) is 30.7 Å². The Morgan fingerprint density at radius 1 is 1.31 bits per heavy atom. The fraction of sp³-hybridized carbons (Fsp3) is 0.619. The highest BCUT2D eigenvalue weighted by Crippen LogP contribution is 2.16. The van der Waals surface area contributed by atoms with Crippen molar-refractivity contribution >= 4 is 36.0 Å². The number of halogens is 1. The monoisotopic (exact) mass is 517 g/mol. The summed E-state index contributed by atoms with van der Waals surface area (Å²) >= 11 is 0. The molecule has 7 nitrogen and oxygen atoms in total. The summed E-state index contributed by atoms with van der Waals surface area (Å²) in [5.74, 6) is 0.455. The van der Waals surface area contributed by atoms with E-state index in [1.54, 1.807) is 4.90 Å². The second kappa shape index (κ2) is 12.2. The van der Waals surface area contributed by atoms with Crippen molar-refractivity contribution < 1.29 is 9.53 Å². The number of nitrogens with two attached hydrogens (primary N) is 1. The Kier molecular flexibility index (Phi) is 10.7. The molecule has 1 fully saturated rings. The lowest BCUT2D eigenvalue weighted by Gasteiger charge is -2.32. The summed E-state index contributed by atoms with van der Waals surface area (Å²) < 4.78 is 5.05. The Morgan fingerprint density at radius 3 is 2.52 bits per heavy atom. The Hall–Kier alpha value is -1.55. The molecule has 0 aromatic heterocycles. The van der Waals surface area contributed by atoms with Crippen molar-refractivity contribution in [1.82, 2.24) is 15.5 Å². The van der Waals surface area contributed by atoms with Crippen molar-refractivity contribution in [3.8, 4) is 0 Å². The zero-order chi connectivity index (χ0) is 20.6. The summed E-state index contributed by atoms with van der Waals surface area (Å²) in [5.41, 5.74) is 7.17.